The lowest BCUT2D eigenvalue weighted by atomic mass is 10.1. The molecule has 0 fully saturated rings. The molecule has 1 rings (SSSR count). The highest BCUT2D eigenvalue weighted by Crippen LogP contribution is 2.28. The van der Waals surface area contributed by atoms with E-state index in [0.717, 1.165) is 19.3 Å². The Morgan fingerprint density at radius 2 is 2.12 bits per heavy atom. The Labute approximate surface area is 101 Å². The molecule has 1 aromatic rings. The zero-order chi connectivity index (χ0) is 12.1. The van der Waals surface area contributed by atoms with E-state index in [-0.39, 0.29) is 11.9 Å². The summed E-state index contributed by atoms with van der Waals surface area (Å²) < 4.78 is 0. The monoisotopic (exact) mass is 240 g/mol. The van der Waals surface area contributed by atoms with Crippen LogP contribution in [0.1, 0.15) is 47.0 Å². The van der Waals surface area contributed by atoms with E-state index in [9.17, 15) is 4.79 Å². The van der Waals surface area contributed by atoms with Crippen LogP contribution in [0.3, 0.4) is 0 Å². The van der Waals surface area contributed by atoms with Gasteiger partial charge in [0, 0.05) is 22.2 Å². The predicted molar refractivity (Wildman–Crippen MR) is 68.4 cm³/mol. The van der Waals surface area contributed by atoms with Crippen LogP contribution >= 0.6 is 11.3 Å². The second kappa shape index (κ2) is 6.01. The maximum atomic E-state index is 10.6. The molecule has 0 aliphatic heterocycles. The first-order valence-electron chi connectivity index (χ1n) is 5.61. The molecule has 90 valence electrons. The van der Waals surface area contributed by atoms with Gasteiger partial charge in [-0.15, -0.1) is 11.3 Å². The third-order valence-electron chi connectivity index (χ3n) is 2.60. The fourth-order valence-electron chi connectivity index (χ4n) is 1.82. The molecule has 0 saturated heterocycles. The van der Waals surface area contributed by atoms with Gasteiger partial charge < -0.3 is 11.5 Å². The molecule has 1 aromatic heterocycles. The van der Waals surface area contributed by atoms with Crippen LogP contribution in [0.15, 0.2) is 6.07 Å². The van der Waals surface area contributed by atoms with Gasteiger partial charge in [0.25, 0.3) is 0 Å². The number of carbonyl (C=O) groups excluding carboxylic acids is 1. The average molecular weight is 240 g/mol. The van der Waals surface area contributed by atoms with E-state index in [2.05, 4.69) is 19.9 Å². The minimum absolute atomic E-state index is 0.103. The van der Waals surface area contributed by atoms with Gasteiger partial charge in [-0.25, -0.2) is 0 Å². The highest BCUT2D eigenvalue weighted by molar-refractivity contribution is 7.12. The number of thiophene rings is 1. The molecule has 0 bridgehead atoms. The van der Waals surface area contributed by atoms with E-state index in [0.29, 0.717) is 6.42 Å². The van der Waals surface area contributed by atoms with Gasteiger partial charge in [-0.3, -0.25) is 4.79 Å². The summed E-state index contributed by atoms with van der Waals surface area (Å²) in [5, 5.41) is 0. The van der Waals surface area contributed by atoms with Gasteiger partial charge in [-0.2, -0.15) is 0 Å². The second-order valence-corrected chi connectivity index (χ2v) is 5.51. The van der Waals surface area contributed by atoms with Crippen LogP contribution in [0.5, 0.6) is 0 Å². The topological polar surface area (TPSA) is 69.1 Å². The van der Waals surface area contributed by atoms with E-state index in [1.54, 1.807) is 11.3 Å². The molecule has 0 aliphatic rings. The molecule has 0 aromatic carbocycles. The van der Waals surface area contributed by atoms with Crippen molar-refractivity contribution in [2.45, 2.75) is 45.6 Å². The van der Waals surface area contributed by atoms with Crippen molar-refractivity contribution in [2.75, 3.05) is 0 Å². The van der Waals surface area contributed by atoms with Crippen LogP contribution in [-0.2, 0) is 4.79 Å². The fourth-order valence-corrected chi connectivity index (χ4v) is 2.89. The number of hydrogen-bond donors (Lipinski definition) is 2. The summed E-state index contributed by atoms with van der Waals surface area (Å²) in [6.45, 7) is 4.20. The number of aryl methyl sites for hydroxylation is 2. The van der Waals surface area contributed by atoms with Crippen molar-refractivity contribution in [3.05, 3.63) is 21.4 Å². The Morgan fingerprint density at radius 3 is 2.62 bits per heavy atom. The van der Waals surface area contributed by atoms with Crippen LogP contribution < -0.4 is 11.5 Å². The molecule has 0 spiro atoms. The molecule has 1 unspecified atom stereocenters. The van der Waals surface area contributed by atoms with Crippen molar-refractivity contribution < 1.29 is 4.79 Å². The quantitative estimate of drug-likeness (QED) is 0.750. The van der Waals surface area contributed by atoms with Gasteiger partial charge in [-0.05, 0) is 38.3 Å². The van der Waals surface area contributed by atoms with Crippen LogP contribution in [-0.4, -0.2) is 5.91 Å². The molecule has 0 aliphatic carbocycles. The number of amides is 1. The van der Waals surface area contributed by atoms with E-state index in [4.69, 9.17) is 11.5 Å². The fraction of sp³-hybridized carbons (Fsp3) is 0.583. The molecule has 4 N–H and O–H groups in total. The Hall–Kier alpha value is -0.870. The maximum absolute atomic E-state index is 10.6. The standard InChI is InChI=1S/C12H20N2OS/c1-8-7-9(2)16-12(8)10(13)5-3-4-6-11(14)15/h7,10H,3-6,13H2,1-2H3,(H2,14,15). The molecular formula is C12H20N2OS. The van der Waals surface area contributed by atoms with Gasteiger partial charge in [0.05, 0.1) is 0 Å². The lowest BCUT2D eigenvalue weighted by Crippen LogP contribution is -2.12. The van der Waals surface area contributed by atoms with Crippen molar-refractivity contribution in [1.82, 2.24) is 0 Å². The first-order chi connectivity index (χ1) is 7.50. The number of carbonyl (C=O) groups is 1. The summed E-state index contributed by atoms with van der Waals surface area (Å²) >= 11 is 1.77. The third kappa shape index (κ3) is 3.94. The van der Waals surface area contributed by atoms with Crippen LogP contribution in [0.2, 0.25) is 0 Å². The number of rotatable bonds is 6. The van der Waals surface area contributed by atoms with E-state index < -0.39 is 0 Å². The smallest absolute Gasteiger partial charge is 0.217 e. The van der Waals surface area contributed by atoms with Gasteiger partial charge >= 0.3 is 0 Å². The van der Waals surface area contributed by atoms with Gasteiger partial charge in [0.2, 0.25) is 5.91 Å². The highest BCUT2D eigenvalue weighted by atomic mass is 32.1. The van der Waals surface area contributed by atoms with E-state index in [1.165, 1.54) is 15.3 Å². The number of hydrogen-bond acceptors (Lipinski definition) is 3. The first-order valence-corrected chi connectivity index (χ1v) is 6.43. The average Bonchev–Trinajstić information content (AvgIpc) is 2.52. The van der Waals surface area contributed by atoms with Crippen molar-refractivity contribution in [1.29, 1.82) is 0 Å². The highest BCUT2D eigenvalue weighted by Gasteiger charge is 2.11. The zero-order valence-corrected chi connectivity index (χ0v) is 10.8. The second-order valence-electron chi connectivity index (χ2n) is 4.22. The number of nitrogens with two attached hydrogens (primary N) is 2. The molecule has 0 radical (unpaired) electrons. The largest absolute Gasteiger partial charge is 0.370 e. The van der Waals surface area contributed by atoms with Gasteiger partial charge in [0.1, 0.15) is 0 Å². The number of primary amides is 1. The molecule has 1 heterocycles. The summed E-state index contributed by atoms with van der Waals surface area (Å²) in [4.78, 5) is 13.1. The minimum Gasteiger partial charge on any atom is -0.370 e. The lowest BCUT2D eigenvalue weighted by Gasteiger charge is -2.10. The predicted octanol–water partition coefficient (Wildman–Crippen LogP) is 2.41. The Bertz CT molecular complexity index is 360. The summed E-state index contributed by atoms with van der Waals surface area (Å²) in [6.07, 6.45) is 3.19. The first kappa shape index (κ1) is 13.2. The van der Waals surface area contributed by atoms with Crippen LogP contribution in [0, 0.1) is 13.8 Å². The molecule has 4 heteroatoms. The van der Waals surface area contributed by atoms with Crippen molar-refractivity contribution >= 4 is 17.2 Å². The zero-order valence-electron chi connectivity index (χ0n) is 9.95. The molecule has 0 saturated carbocycles. The summed E-state index contributed by atoms with van der Waals surface area (Å²) in [5.74, 6) is -0.225. The van der Waals surface area contributed by atoms with Gasteiger partial charge in [-0.1, -0.05) is 6.42 Å². The van der Waals surface area contributed by atoms with E-state index in [1.807, 2.05) is 0 Å². The van der Waals surface area contributed by atoms with Crippen molar-refractivity contribution in [2.24, 2.45) is 11.5 Å². The summed E-state index contributed by atoms with van der Waals surface area (Å²) in [7, 11) is 0. The maximum Gasteiger partial charge on any atom is 0.217 e. The van der Waals surface area contributed by atoms with E-state index >= 15 is 0 Å². The van der Waals surface area contributed by atoms with Crippen LogP contribution in [0.4, 0.5) is 0 Å². The van der Waals surface area contributed by atoms with Crippen LogP contribution in [0.25, 0.3) is 0 Å². The van der Waals surface area contributed by atoms with Gasteiger partial charge in [0.15, 0.2) is 0 Å². The SMILES string of the molecule is Cc1cc(C)c(C(N)CCCCC(N)=O)s1. The molecule has 1 amide bonds. The minimum atomic E-state index is -0.225. The molecule has 3 nitrogen and oxygen atoms in total. The van der Waals surface area contributed by atoms with Crippen molar-refractivity contribution in [3.8, 4) is 0 Å². The third-order valence-corrected chi connectivity index (χ3v) is 3.89. The number of unbranched alkanes of at least 4 members (excludes halogenated alkanes) is 1. The molecule has 16 heavy (non-hydrogen) atoms. The lowest BCUT2D eigenvalue weighted by molar-refractivity contribution is -0.118. The summed E-state index contributed by atoms with van der Waals surface area (Å²) in [5.41, 5.74) is 12.5. The Kier molecular flexibility index (Phi) is 4.96. The summed E-state index contributed by atoms with van der Waals surface area (Å²) in [6, 6.07) is 2.27. The molecule has 1 atom stereocenters. The Morgan fingerprint density at radius 1 is 1.44 bits per heavy atom. The van der Waals surface area contributed by atoms with Crippen molar-refractivity contribution in [3.63, 3.8) is 0 Å². The molecular weight excluding hydrogens is 220 g/mol. The normalized spacial score (nSPS) is 12.7. The Balaban J connectivity index is 2.38.